The summed E-state index contributed by atoms with van der Waals surface area (Å²) in [5.41, 5.74) is 8.10. The van der Waals surface area contributed by atoms with Crippen molar-refractivity contribution in [2.75, 3.05) is 13.7 Å². The molecule has 1 unspecified atom stereocenters. The lowest BCUT2D eigenvalue weighted by Gasteiger charge is -2.29. The van der Waals surface area contributed by atoms with Crippen LogP contribution in [0.4, 0.5) is 4.39 Å². The van der Waals surface area contributed by atoms with Gasteiger partial charge in [0.05, 0.1) is 25.0 Å². The summed E-state index contributed by atoms with van der Waals surface area (Å²) < 4.78 is 35.6. The van der Waals surface area contributed by atoms with Crippen LogP contribution < -0.4 is 9.47 Å². The highest BCUT2D eigenvalue weighted by Gasteiger charge is 2.57. The molecule has 8 rings (SSSR count). The number of rotatable bonds is 8. The summed E-state index contributed by atoms with van der Waals surface area (Å²) >= 11 is 0. The summed E-state index contributed by atoms with van der Waals surface area (Å²) in [6.07, 6.45) is 4.19. The average Bonchev–Trinajstić information content (AvgIpc) is 3.42. The Morgan fingerprint density at radius 2 is 1.85 bits per heavy atom. The first kappa shape index (κ1) is 34.3. The normalized spacial score (nSPS) is 21.4. The van der Waals surface area contributed by atoms with Gasteiger partial charge in [-0.25, -0.2) is 14.2 Å². The maximum absolute atomic E-state index is 15.9. The van der Waals surface area contributed by atoms with Gasteiger partial charge in [-0.1, -0.05) is 18.2 Å². The highest BCUT2D eigenvalue weighted by atomic mass is 19.1. The van der Waals surface area contributed by atoms with Gasteiger partial charge in [0.2, 0.25) is 0 Å². The van der Waals surface area contributed by atoms with Crippen molar-refractivity contribution >= 4 is 17.0 Å². The van der Waals surface area contributed by atoms with Gasteiger partial charge in [-0.3, -0.25) is 4.98 Å². The standard InChI is InChI=1S/C43H46FN3O5/c1-22-26-12-10-16-51-39(26)32(44)20-28(22)38-31-21-34(47(6)41(31)46-23(2)36(38)40(42(48)49)52-43(3,4)5)24-14-15-45-33(19-24)25-17-29-30(18-25)37(29)27-11-8-9-13-35(27)50-7/h8-9,11,13-15,19-21,25,29-30,37,40H,10,12,16-18H2,1-7H3,(H,48,49)/t25?,29-,30+,37+,40-/m0/s1. The summed E-state index contributed by atoms with van der Waals surface area (Å²) in [6, 6.07) is 16.1. The molecule has 3 aliphatic rings. The van der Waals surface area contributed by atoms with E-state index in [2.05, 4.69) is 30.3 Å². The Morgan fingerprint density at radius 3 is 2.56 bits per heavy atom. The van der Waals surface area contributed by atoms with Crippen LogP contribution in [0.5, 0.6) is 11.5 Å². The first-order valence-electron chi connectivity index (χ1n) is 18.3. The molecular formula is C43H46FN3O5. The number of hydrogen-bond acceptors (Lipinski definition) is 6. The minimum absolute atomic E-state index is 0.286. The Hall–Kier alpha value is -4.76. The fourth-order valence-electron chi connectivity index (χ4n) is 9.17. The number of halogens is 1. The number of hydrogen-bond donors (Lipinski definition) is 1. The van der Waals surface area contributed by atoms with Crippen LogP contribution in [-0.2, 0) is 23.0 Å². The number of aromatic nitrogens is 3. The molecule has 2 fully saturated rings. The number of carboxylic acid groups (broad SMARTS) is 1. The minimum atomic E-state index is -1.33. The second-order valence-electron chi connectivity index (χ2n) is 15.8. The van der Waals surface area contributed by atoms with E-state index < -0.39 is 23.5 Å². The highest BCUT2D eigenvalue weighted by molar-refractivity contribution is 6.01. The Balaban J connectivity index is 1.23. The van der Waals surface area contributed by atoms with Crippen molar-refractivity contribution in [3.8, 4) is 33.9 Å². The zero-order valence-electron chi connectivity index (χ0n) is 30.9. The quantitative estimate of drug-likeness (QED) is 0.172. The monoisotopic (exact) mass is 703 g/mol. The van der Waals surface area contributed by atoms with E-state index in [4.69, 9.17) is 24.2 Å². The molecule has 0 bridgehead atoms. The van der Waals surface area contributed by atoms with Gasteiger partial charge in [0, 0.05) is 58.2 Å². The molecule has 3 aromatic heterocycles. The molecule has 8 nitrogen and oxygen atoms in total. The van der Waals surface area contributed by atoms with E-state index in [1.165, 1.54) is 11.6 Å². The van der Waals surface area contributed by atoms with Crippen LogP contribution in [0.2, 0.25) is 0 Å². The third kappa shape index (κ3) is 5.74. The number of ether oxygens (including phenoxy) is 3. The number of aliphatic carboxylic acids is 1. The van der Waals surface area contributed by atoms with Gasteiger partial charge in [-0.05, 0) is 125 Å². The van der Waals surface area contributed by atoms with Gasteiger partial charge in [-0.2, -0.15) is 0 Å². The van der Waals surface area contributed by atoms with Crippen LogP contribution in [0.25, 0.3) is 33.4 Å². The number of benzene rings is 2. The Bertz CT molecular complexity index is 2220. The largest absolute Gasteiger partial charge is 0.496 e. The lowest BCUT2D eigenvalue weighted by molar-refractivity contribution is -0.160. The van der Waals surface area contributed by atoms with E-state index in [-0.39, 0.29) is 5.75 Å². The van der Waals surface area contributed by atoms with Crippen LogP contribution in [0.15, 0.2) is 54.7 Å². The molecule has 5 aromatic rings. The Morgan fingerprint density at radius 1 is 1.10 bits per heavy atom. The van der Waals surface area contributed by atoms with Gasteiger partial charge >= 0.3 is 5.97 Å². The molecule has 0 spiro atoms. The van der Waals surface area contributed by atoms with Gasteiger partial charge in [0.15, 0.2) is 17.7 Å². The van der Waals surface area contributed by atoms with E-state index in [0.717, 1.165) is 58.5 Å². The van der Waals surface area contributed by atoms with Crippen LogP contribution >= 0.6 is 0 Å². The topological polar surface area (TPSA) is 95.7 Å². The fourth-order valence-corrected chi connectivity index (χ4v) is 9.17. The number of methoxy groups -OCH3 is 1. The zero-order valence-corrected chi connectivity index (χ0v) is 30.9. The van der Waals surface area contributed by atoms with Crippen molar-refractivity contribution in [2.24, 2.45) is 18.9 Å². The van der Waals surface area contributed by atoms with Gasteiger partial charge in [-0.15, -0.1) is 0 Å². The van der Waals surface area contributed by atoms with E-state index in [9.17, 15) is 9.90 Å². The molecule has 4 heterocycles. The van der Waals surface area contributed by atoms with E-state index in [0.29, 0.717) is 64.7 Å². The molecule has 1 aliphatic heterocycles. The first-order chi connectivity index (χ1) is 24.9. The number of carbonyl (C=O) groups is 1. The van der Waals surface area contributed by atoms with Crippen LogP contribution in [-0.4, -0.2) is 44.9 Å². The number of para-hydroxylation sites is 1. The van der Waals surface area contributed by atoms with Crippen LogP contribution in [0.3, 0.4) is 0 Å². The van der Waals surface area contributed by atoms with E-state index in [1.54, 1.807) is 7.11 Å². The van der Waals surface area contributed by atoms with E-state index in [1.807, 2.05) is 64.6 Å². The third-order valence-electron chi connectivity index (χ3n) is 11.5. The fraction of sp³-hybridized carbons (Fsp3) is 0.419. The average molecular weight is 704 g/mol. The molecule has 2 aliphatic carbocycles. The SMILES string of the molecule is COc1ccccc1[C@H]1[C@@H]2CC(c3cc(-c4cc5c(-c6cc(F)c7c(c6C)CCCO7)c([C@H](OC(C)(C)C)C(=O)O)c(C)nc5n4C)ccn3)C[C@@H]21. The van der Waals surface area contributed by atoms with Crippen LogP contribution in [0, 0.1) is 31.5 Å². The maximum Gasteiger partial charge on any atom is 0.337 e. The van der Waals surface area contributed by atoms with Gasteiger partial charge < -0.3 is 23.9 Å². The molecule has 0 amide bonds. The number of aryl methyl sites for hydroxylation is 2. The third-order valence-corrected chi connectivity index (χ3v) is 11.5. The lowest BCUT2D eigenvalue weighted by Crippen LogP contribution is -2.28. The summed E-state index contributed by atoms with van der Waals surface area (Å²) in [5.74, 6) is 1.84. The zero-order chi connectivity index (χ0) is 36.6. The summed E-state index contributed by atoms with van der Waals surface area (Å²) in [4.78, 5) is 22.9. The number of carboxylic acids is 1. The van der Waals surface area contributed by atoms with Crippen molar-refractivity contribution in [3.05, 3.63) is 94.2 Å². The second kappa shape index (κ2) is 12.7. The predicted molar refractivity (Wildman–Crippen MR) is 199 cm³/mol. The predicted octanol–water partition coefficient (Wildman–Crippen LogP) is 9.24. The number of nitrogens with zero attached hydrogens (tertiary/aromatic N) is 3. The minimum Gasteiger partial charge on any atom is -0.496 e. The van der Waals surface area contributed by atoms with Crippen LogP contribution in [0.1, 0.15) is 91.6 Å². The van der Waals surface area contributed by atoms with Gasteiger partial charge in [0.25, 0.3) is 0 Å². The Labute approximate surface area is 304 Å². The molecule has 1 N–H and O–H groups in total. The molecule has 2 aromatic carbocycles. The molecule has 2 saturated carbocycles. The molecule has 52 heavy (non-hydrogen) atoms. The highest BCUT2D eigenvalue weighted by Crippen LogP contribution is 2.67. The van der Waals surface area contributed by atoms with Crippen molar-refractivity contribution in [2.45, 2.75) is 83.8 Å². The number of fused-ring (bicyclic) bond motifs is 3. The summed E-state index contributed by atoms with van der Waals surface area (Å²) in [7, 11) is 3.72. The van der Waals surface area contributed by atoms with Crippen molar-refractivity contribution in [1.82, 2.24) is 14.5 Å². The number of pyridine rings is 2. The summed E-state index contributed by atoms with van der Waals surface area (Å²) in [6.45, 7) is 9.75. The molecule has 0 radical (unpaired) electrons. The lowest BCUT2D eigenvalue weighted by atomic mass is 9.86. The second-order valence-corrected chi connectivity index (χ2v) is 15.8. The molecule has 9 heteroatoms. The first-order valence-corrected chi connectivity index (χ1v) is 18.3. The van der Waals surface area contributed by atoms with E-state index >= 15 is 4.39 Å². The molecule has 270 valence electrons. The molecule has 5 atom stereocenters. The van der Waals surface area contributed by atoms with Crippen molar-refractivity contribution in [3.63, 3.8) is 0 Å². The van der Waals surface area contributed by atoms with Crippen molar-refractivity contribution in [1.29, 1.82) is 0 Å². The summed E-state index contributed by atoms with van der Waals surface area (Å²) in [5, 5.41) is 11.3. The maximum atomic E-state index is 15.9. The smallest absolute Gasteiger partial charge is 0.337 e. The van der Waals surface area contributed by atoms with Gasteiger partial charge in [0.1, 0.15) is 11.4 Å². The Kier molecular flexibility index (Phi) is 8.40. The van der Waals surface area contributed by atoms with Crippen molar-refractivity contribution < 1.29 is 28.5 Å². The molecule has 0 saturated heterocycles. The molecular weight excluding hydrogens is 657 g/mol.